The molecule has 0 radical (unpaired) electrons. The summed E-state index contributed by atoms with van der Waals surface area (Å²) < 4.78 is 5.67. The Morgan fingerprint density at radius 3 is 3.14 bits per heavy atom. The van der Waals surface area contributed by atoms with E-state index in [2.05, 4.69) is 4.84 Å². The highest BCUT2D eigenvalue weighted by Crippen LogP contribution is 2.29. The van der Waals surface area contributed by atoms with E-state index in [-0.39, 0.29) is 6.10 Å². The van der Waals surface area contributed by atoms with Gasteiger partial charge < -0.3 is 15.3 Å². The molecule has 1 aliphatic rings. The molecule has 1 heterocycles. The molecule has 1 atom stereocenters. The van der Waals surface area contributed by atoms with Crippen LogP contribution in [0.3, 0.4) is 0 Å². The van der Waals surface area contributed by atoms with Gasteiger partial charge in [-0.25, -0.2) is 5.90 Å². The predicted molar refractivity (Wildman–Crippen MR) is 53.7 cm³/mol. The van der Waals surface area contributed by atoms with Crippen LogP contribution in [0.15, 0.2) is 18.2 Å². The molecule has 0 aliphatic carbocycles. The minimum atomic E-state index is 0.0503. The summed E-state index contributed by atoms with van der Waals surface area (Å²) in [6.07, 6.45) is 1.98. The average Bonchev–Trinajstić information content (AvgIpc) is 2.17. The molecule has 76 valence electrons. The maximum atomic E-state index is 5.67. The highest BCUT2D eigenvalue weighted by Gasteiger charge is 2.19. The summed E-state index contributed by atoms with van der Waals surface area (Å²) in [4.78, 5) is 4.57. The van der Waals surface area contributed by atoms with Crippen molar-refractivity contribution in [3.8, 4) is 5.75 Å². The van der Waals surface area contributed by atoms with Crippen molar-refractivity contribution in [2.24, 2.45) is 5.90 Å². The van der Waals surface area contributed by atoms with Crippen molar-refractivity contribution in [1.82, 2.24) is 0 Å². The van der Waals surface area contributed by atoms with Crippen LogP contribution in [0.5, 0.6) is 5.75 Å². The van der Waals surface area contributed by atoms with Gasteiger partial charge in [-0.2, -0.15) is 0 Å². The summed E-state index contributed by atoms with van der Waals surface area (Å²) in [5, 5.41) is 0. The van der Waals surface area contributed by atoms with Crippen LogP contribution in [0.2, 0.25) is 0 Å². The molecule has 4 N–H and O–H groups in total. The number of anilines is 1. The monoisotopic (exact) mass is 194 g/mol. The van der Waals surface area contributed by atoms with Crippen LogP contribution in [0, 0.1) is 0 Å². The summed E-state index contributed by atoms with van der Waals surface area (Å²) >= 11 is 0. The first kappa shape index (κ1) is 9.30. The van der Waals surface area contributed by atoms with Crippen LogP contribution in [0.1, 0.15) is 12.0 Å². The lowest BCUT2D eigenvalue weighted by Gasteiger charge is -2.25. The Bertz CT molecular complexity index is 328. The third kappa shape index (κ3) is 1.81. The summed E-state index contributed by atoms with van der Waals surface area (Å²) in [7, 11) is 0. The first-order valence-corrected chi connectivity index (χ1v) is 4.66. The van der Waals surface area contributed by atoms with E-state index in [1.54, 1.807) is 0 Å². The van der Waals surface area contributed by atoms with Crippen molar-refractivity contribution >= 4 is 5.69 Å². The molecule has 0 spiro atoms. The van der Waals surface area contributed by atoms with Crippen LogP contribution in [0.25, 0.3) is 0 Å². The summed E-state index contributed by atoms with van der Waals surface area (Å²) in [6, 6.07) is 5.74. The van der Waals surface area contributed by atoms with E-state index >= 15 is 0 Å². The molecule has 0 saturated heterocycles. The maximum absolute atomic E-state index is 5.67. The molecule has 14 heavy (non-hydrogen) atoms. The number of nitrogens with two attached hydrogens (primary N) is 2. The molecule has 0 saturated carbocycles. The summed E-state index contributed by atoms with van der Waals surface area (Å²) in [6.45, 7) is 0.425. The molecule has 1 aromatic carbocycles. The first-order chi connectivity index (χ1) is 6.79. The highest BCUT2D eigenvalue weighted by atomic mass is 16.6. The van der Waals surface area contributed by atoms with Crippen LogP contribution in [-0.2, 0) is 11.3 Å². The second kappa shape index (κ2) is 3.86. The zero-order chi connectivity index (χ0) is 9.97. The molecule has 1 aliphatic heterocycles. The molecule has 2 rings (SSSR count). The lowest BCUT2D eigenvalue weighted by Crippen LogP contribution is -2.28. The van der Waals surface area contributed by atoms with E-state index in [0.717, 1.165) is 24.3 Å². The van der Waals surface area contributed by atoms with Gasteiger partial charge in [-0.15, -0.1) is 0 Å². The van der Waals surface area contributed by atoms with Crippen molar-refractivity contribution in [3.05, 3.63) is 23.8 Å². The smallest absolute Gasteiger partial charge is 0.125 e. The van der Waals surface area contributed by atoms with Crippen molar-refractivity contribution in [3.63, 3.8) is 0 Å². The highest BCUT2D eigenvalue weighted by molar-refractivity contribution is 5.49. The van der Waals surface area contributed by atoms with Gasteiger partial charge in [-0.1, -0.05) is 6.07 Å². The van der Waals surface area contributed by atoms with Gasteiger partial charge in [0.2, 0.25) is 0 Å². The molecule has 0 bridgehead atoms. The van der Waals surface area contributed by atoms with E-state index in [4.69, 9.17) is 16.4 Å². The van der Waals surface area contributed by atoms with Gasteiger partial charge in [-0.05, 0) is 24.5 Å². The maximum Gasteiger partial charge on any atom is 0.125 e. The predicted octanol–water partition coefficient (Wildman–Crippen LogP) is 0.853. The Morgan fingerprint density at radius 2 is 2.36 bits per heavy atom. The van der Waals surface area contributed by atoms with Crippen molar-refractivity contribution in [2.75, 3.05) is 12.3 Å². The molecule has 4 heteroatoms. The molecular weight excluding hydrogens is 180 g/mol. The second-order valence-electron chi connectivity index (χ2n) is 3.48. The fourth-order valence-electron chi connectivity index (χ4n) is 1.67. The zero-order valence-electron chi connectivity index (χ0n) is 7.90. The average molecular weight is 194 g/mol. The molecule has 0 amide bonds. The molecule has 1 unspecified atom stereocenters. The molecule has 0 fully saturated rings. The zero-order valence-corrected chi connectivity index (χ0v) is 7.90. The van der Waals surface area contributed by atoms with Gasteiger partial charge in [0.25, 0.3) is 0 Å². The molecule has 0 aromatic heterocycles. The fraction of sp³-hybridized carbons (Fsp3) is 0.400. The second-order valence-corrected chi connectivity index (χ2v) is 3.48. The molecular formula is C10H14N2O2. The van der Waals surface area contributed by atoms with Gasteiger partial charge in [0.1, 0.15) is 18.5 Å². The SMILES string of the molecule is NOCC1CCc2ccc(N)cc2O1. The molecule has 1 aromatic rings. The van der Waals surface area contributed by atoms with Crippen LogP contribution in [-0.4, -0.2) is 12.7 Å². The Balaban J connectivity index is 2.16. The number of nitrogen functional groups attached to an aromatic ring is 1. The van der Waals surface area contributed by atoms with E-state index < -0.39 is 0 Å². The Hall–Kier alpha value is -1.26. The van der Waals surface area contributed by atoms with E-state index in [0.29, 0.717) is 6.61 Å². The van der Waals surface area contributed by atoms with E-state index in [1.165, 1.54) is 5.56 Å². The van der Waals surface area contributed by atoms with Gasteiger partial charge in [0.15, 0.2) is 0 Å². The number of hydrogen-bond acceptors (Lipinski definition) is 4. The lowest BCUT2D eigenvalue weighted by molar-refractivity contribution is 0.0398. The van der Waals surface area contributed by atoms with Gasteiger partial charge in [-0.3, -0.25) is 0 Å². The van der Waals surface area contributed by atoms with Gasteiger partial charge >= 0.3 is 0 Å². The number of ether oxygens (including phenoxy) is 1. The third-order valence-corrected chi connectivity index (χ3v) is 2.40. The number of hydrogen-bond donors (Lipinski definition) is 2. The van der Waals surface area contributed by atoms with Crippen molar-refractivity contribution < 1.29 is 9.57 Å². The first-order valence-electron chi connectivity index (χ1n) is 4.66. The van der Waals surface area contributed by atoms with Crippen LogP contribution < -0.4 is 16.4 Å². The van der Waals surface area contributed by atoms with Crippen LogP contribution in [0.4, 0.5) is 5.69 Å². The quantitative estimate of drug-likeness (QED) is 0.541. The normalized spacial score (nSPS) is 19.9. The van der Waals surface area contributed by atoms with Crippen molar-refractivity contribution in [2.45, 2.75) is 18.9 Å². The minimum absolute atomic E-state index is 0.0503. The third-order valence-electron chi connectivity index (χ3n) is 2.40. The fourth-order valence-corrected chi connectivity index (χ4v) is 1.67. The standard InChI is InChI=1S/C10H14N2O2/c11-8-3-1-7-2-4-9(6-13-12)14-10(7)5-8/h1,3,5,9H,2,4,6,11-12H2. The van der Waals surface area contributed by atoms with E-state index in [1.807, 2.05) is 18.2 Å². The number of aryl methyl sites for hydroxylation is 1. The van der Waals surface area contributed by atoms with E-state index in [9.17, 15) is 0 Å². The number of rotatable bonds is 2. The summed E-state index contributed by atoms with van der Waals surface area (Å²) in [5.41, 5.74) is 7.59. The number of fused-ring (bicyclic) bond motifs is 1. The minimum Gasteiger partial charge on any atom is -0.488 e. The Kier molecular flexibility index (Phi) is 2.56. The molecule has 4 nitrogen and oxygen atoms in total. The Labute approximate surface area is 82.7 Å². The van der Waals surface area contributed by atoms with Gasteiger partial charge in [0.05, 0.1) is 0 Å². The van der Waals surface area contributed by atoms with Crippen LogP contribution >= 0.6 is 0 Å². The Morgan fingerprint density at radius 1 is 1.50 bits per heavy atom. The van der Waals surface area contributed by atoms with Crippen molar-refractivity contribution in [1.29, 1.82) is 0 Å². The summed E-state index contributed by atoms with van der Waals surface area (Å²) in [5.74, 6) is 5.86. The lowest BCUT2D eigenvalue weighted by atomic mass is 10.0. The number of benzene rings is 1. The van der Waals surface area contributed by atoms with Gasteiger partial charge in [0, 0.05) is 11.8 Å². The topological polar surface area (TPSA) is 70.5 Å². The largest absolute Gasteiger partial charge is 0.488 e.